The third-order valence-electron chi connectivity index (χ3n) is 5.15. The van der Waals surface area contributed by atoms with Crippen LogP contribution in [-0.2, 0) is 4.79 Å². The first-order valence-corrected chi connectivity index (χ1v) is 12.5. The zero-order valence-corrected chi connectivity index (χ0v) is 21.3. The number of rotatable bonds is 9. The number of hydrogen-bond donors (Lipinski definition) is 2. The van der Waals surface area contributed by atoms with Crippen molar-refractivity contribution in [3.8, 4) is 28.6 Å². The largest absolute Gasteiger partial charge is 0.872 e. The number of carbonyl (C=O) groups is 1. The zero-order valence-electron chi connectivity index (χ0n) is 19.7. The predicted molar refractivity (Wildman–Crippen MR) is 139 cm³/mol. The molecule has 0 aliphatic rings. The normalized spacial score (nSPS) is 11.4. The van der Waals surface area contributed by atoms with E-state index < -0.39 is 0 Å². The monoisotopic (exact) mass is 521 g/mol. The van der Waals surface area contributed by atoms with Gasteiger partial charge in [0.15, 0.2) is 0 Å². The molecule has 0 fully saturated rings. The number of halogens is 1. The average molecular weight is 522 g/mol. The molecule has 0 unspecified atom stereocenters. The molecular weight excluding hydrogens is 498 g/mol. The molecule has 8 nitrogen and oxygen atoms in total. The third kappa shape index (κ3) is 6.05. The zero-order chi connectivity index (χ0) is 25.5. The summed E-state index contributed by atoms with van der Waals surface area (Å²) in [7, 11) is 0. The fourth-order valence-electron chi connectivity index (χ4n) is 3.43. The number of nitrogens with one attached hydrogen (secondary N) is 2. The summed E-state index contributed by atoms with van der Waals surface area (Å²) in [5.41, 5.74) is 5.13. The van der Waals surface area contributed by atoms with Gasteiger partial charge in [0, 0.05) is 5.02 Å². The number of aromatic amines is 1. The molecule has 4 aromatic rings. The van der Waals surface area contributed by atoms with Crippen molar-refractivity contribution in [3.63, 3.8) is 0 Å². The molecule has 2 N–H and O–H groups in total. The minimum absolute atomic E-state index is 0.0672. The minimum Gasteiger partial charge on any atom is -0.872 e. The SMILES string of the molecule is CCOc1ccc(-[n+]2c(SCC(=O)N/N=C(/C)c3ccccc3[O-])n[nH]c2-c2ccc(Cl)cc2)cc1. The Morgan fingerprint density at radius 3 is 2.56 bits per heavy atom. The summed E-state index contributed by atoms with van der Waals surface area (Å²) in [6.07, 6.45) is 0. The molecule has 0 aliphatic carbocycles. The molecule has 36 heavy (non-hydrogen) atoms. The second-order valence-corrected chi connectivity index (χ2v) is 9.02. The topological polar surface area (TPSA) is 106 Å². The van der Waals surface area contributed by atoms with E-state index in [0.717, 1.165) is 22.8 Å². The first kappa shape index (κ1) is 25.3. The van der Waals surface area contributed by atoms with Gasteiger partial charge < -0.3 is 9.84 Å². The van der Waals surface area contributed by atoms with E-state index in [4.69, 9.17) is 16.3 Å². The molecule has 3 aromatic carbocycles. The summed E-state index contributed by atoms with van der Waals surface area (Å²) in [5.74, 6) is 1.10. The van der Waals surface area contributed by atoms with Crippen LogP contribution in [-0.4, -0.2) is 34.2 Å². The number of nitrogens with zero attached hydrogens (tertiary/aromatic N) is 3. The molecule has 0 atom stereocenters. The molecule has 184 valence electrons. The number of amides is 1. The van der Waals surface area contributed by atoms with E-state index >= 15 is 0 Å². The van der Waals surface area contributed by atoms with Crippen molar-refractivity contribution >= 4 is 35.0 Å². The van der Waals surface area contributed by atoms with Crippen LogP contribution in [0.3, 0.4) is 0 Å². The predicted octanol–water partition coefficient (Wildman–Crippen LogP) is 4.11. The molecule has 4 rings (SSSR count). The van der Waals surface area contributed by atoms with Gasteiger partial charge >= 0.3 is 5.16 Å². The number of para-hydroxylation sites is 1. The van der Waals surface area contributed by atoms with E-state index in [1.807, 2.05) is 47.9 Å². The van der Waals surface area contributed by atoms with Crippen molar-refractivity contribution < 1.29 is 19.2 Å². The summed E-state index contributed by atoms with van der Waals surface area (Å²) in [4.78, 5) is 12.5. The third-order valence-corrected chi connectivity index (χ3v) is 6.34. The number of carbonyl (C=O) groups excluding carboxylic acids is 1. The van der Waals surface area contributed by atoms with Crippen molar-refractivity contribution in [2.24, 2.45) is 5.10 Å². The second-order valence-electron chi connectivity index (χ2n) is 7.64. The first-order chi connectivity index (χ1) is 17.5. The summed E-state index contributed by atoms with van der Waals surface area (Å²) in [5, 5.41) is 24.8. The highest BCUT2D eigenvalue weighted by Crippen LogP contribution is 2.23. The minimum atomic E-state index is -0.322. The number of ether oxygens (including phenoxy) is 1. The van der Waals surface area contributed by atoms with Crippen LogP contribution in [0.1, 0.15) is 19.4 Å². The molecule has 0 spiro atoms. The van der Waals surface area contributed by atoms with E-state index in [-0.39, 0.29) is 17.4 Å². The maximum atomic E-state index is 12.5. The van der Waals surface area contributed by atoms with Gasteiger partial charge in [-0.1, -0.05) is 41.6 Å². The summed E-state index contributed by atoms with van der Waals surface area (Å²) < 4.78 is 7.49. The van der Waals surface area contributed by atoms with Gasteiger partial charge in [-0.2, -0.15) is 9.67 Å². The van der Waals surface area contributed by atoms with Gasteiger partial charge in [-0.25, -0.2) is 5.43 Å². The molecule has 1 aromatic heterocycles. The Labute approximate surface area is 218 Å². The van der Waals surface area contributed by atoms with Crippen LogP contribution in [0.4, 0.5) is 0 Å². The van der Waals surface area contributed by atoms with Crippen LogP contribution in [0.5, 0.6) is 11.5 Å². The highest BCUT2D eigenvalue weighted by molar-refractivity contribution is 7.99. The van der Waals surface area contributed by atoms with E-state index in [9.17, 15) is 9.90 Å². The van der Waals surface area contributed by atoms with Gasteiger partial charge in [-0.05, 0) is 79.7 Å². The van der Waals surface area contributed by atoms with Gasteiger partial charge in [0.1, 0.15) is 11.4 Å². The van der Waals surface area contributed by atoms with Crippen LogP contribution in [0.25, 0.3) is 17.1 Å². The van der Waals surface area contributed by atoms with Gasteiger partial charge in [0.2, 0.25) is 0 Å². The number of benzene rings is 3. The van der Waals surface area contributed by atoms with Crippen LogP contribution in [0.15, 0.2) is 83.1 Å². The fraction of sp³-hybridized carbons (Fsp3) is 0.154. The molecule has 0 bridgehead atoms. The second kappa shape index (κ2) is 11.7. The standard InChI is InChI=1S/C26H24ClN5O3S/c1-3-35-21-14-12-20(13-15-21)32-25(18-8-10-19(27)11-9-18)30-31-26(32)36-16-24(34)29-28-17(2)22-6-4-5-7-23(22)33/h4-15H,3,16H2,1-2H3,(H2,28,29,33,34). The Morgan fingerprint density at radius 2 is 1.86 bits per heavy atom. The molecule has 0 radical (unpaired) electrons. The van der Waals surface area contributed by atoms with Gasteiger partial charge in [0.05, 0.1) is 28.7 Å². The molecular formula is C26H24ClN5O3S. The fourth-order valence-corrected chi connectivity index (χ4v) is 4.31. The van der Waals surface area contributed by atoms with Gasteiger partial charge in [-0.15, -0.1) is 5.10 Å². The smallest absolute Gasteiger partial charge is 0.342 e. The van der Waals surface area contributed by atoms with Crippen molar-refractivity contribution in [2.45, 2.75) is 19.0 Å². The van der Waals surface area contributed by atoms with Crippen LogP contribution < -0.4 is 19.8 Å². The Kier molecular flexibility index (Phi) is 8.24. The van der Waals surface area contributed by atoms with E-state index in [2.05, 4.69) is 20.7 Å². The van der Waals surface area contributed by atoms with Crippen LogP contribution in [0, 0.1) is 0 Å². The lowest BCUT2D eigenvalue weighted by Gasteiger charge is -2.12. The molecule has 1 heterocycles. The Bertz CT molecular complexity index is 1370. The number of aromatic nitrogens is 3. The maximum Gasteiger partial charge on any atom is 0.342 e. The molecule has 0 saturated carbocycles. The van der Waals surface area contributed by atoms with E-state index in [0.29, 0.717) is 28.1 Å². The van der Waals surface area contributed by atoms with Crippen molar-refractivity contribution in [2.75, 3.05) is 12.4 Å². The summed E-state index contributed by atoms with van der Waals surface area (Å²) in [6, 6.07) is 21.6. The maximum absolute atomic E-state index is 12.5. The lowest BCUT2D eigenvalue weighted by atomic mass is 10.1. The Hall–Kier alpha value is -3.82. The highest BCUT2D eigenvalue weighted by Gasteiger charge is 2.24. The lowest BCUT2D eigenvalue weighted by molar-refractivity contribution is -0.625. The quantitative estimate of drug-likeness (QED) is 0.149. The van der Waals surface area contributed by atoms with Crippen LogP contribution >= 0.6 is 23.4 Å². The van der Waals surface area contributed by atoms with Crippen molar-refractivity contribution in [1.29, 1.82) is 0 Å². The molecule has 1 amide bonds. The van der Waals surface area contributed by atoms with Gasteiger partial charge in [0.25, 0.3) is 11.7 Å². The van der Waals surface area contributed by atoms with E-state index in [1.54, 1.807) is 37.3 Å². The molecule has 10 heteroatoms. The molecule has 0 saturated heterocycles. The highest BCUT2D eigenvalue weighted by atomic mass is 35.5. The summed E-state index contributed by atoms with van der Waals surface area (Å²) >= 11 is 7.32. The summed E-state index contributed by atoms with van der Waals surface area (Å²) in [6.45, 7) is 4.19. The van der Waals surface area contributed by atoms with Gasteiger partial charge in [-0.3, -0.25) is 4.79 Å². The van der Waals surface area contributed by atoms with Crippen LogP contribution in [0.2, 0.25) is 5.02 Å². The Morgan fingerprint density at radius 1 is 1.14 bits per heavy atom. The number of H-pyrrole nitrogens is 1. The van der Waals surface area contributed by atoms with E-state index in [1.165, 1.54) is 17.8 Å². The van der Waals surface area contributed by atoms with Crippen molar-refractivity contribution in [3.05, 3.63) is 83.4 Å². The lowest BCUT2D eigenvalue weighted by Crippen LogP contribution is -2.34. The number of hydrogen-bond acceptors (Lipinski definition) is 6. The Balaban J connectivity index is 1.55. The average Bonchev–Trinajstić information content (AvgIpc) is 3.31. The molecule has 0 aliphatic heterocycles. The van der Waals surface area contributed by atoms with Crippen molar-refractivity contribution in [1.82, 2.24) is 15.6 Å². The number of thioether (sulfide) groups is 1. The first-order valence-electron chi connectivity index (χ1n) is 11.2. The number of hydrazone groups is 1.